The lowest BCUT2D eigenvalue weighted by Crippen LogP contribution is -2.40. The van der Waals surface area contributed by atoms with Crippen LogP contribution in [-0.2, 0) is 16.1 Å². The molecule has 0 radical (unpaired) electrons. The zero-order chi connectivity index (χ0) is 21.8. The first-order valence-electron chi connectivity index (χ1n) is 10.9. The molecule has 0 spiro atoms. The molecule has 3 heterocycles. The molecule has 164 valence electrons. The Morgan fingerprint density at radius 2 is 1.90 bits per heavy atom. The van der Waals surface area contributed by atoms with Crippen molar-refractivity contribution in [3.05, 3.63) is 29.3 Å². The van der Waals surface area contributed by atoms with Crippen LogP contribution in [0, 0.1) is 26.7 Å². The average Bonchev–Trinajstić information content (AvgIpc) is 3.23. The van der Waals surface area contributed by atoms with Gasteiger partial charge in [-0.05, 0) is 59.4 Å². The van der Waals surface area contributed by atoms with E-state index in [9.17, 15) is 9.59 Å². The highest BCUT2D eigenvalue weighted by Crippen LogP contribution is 2.24. The molecule has 3 rings (SSSR count). The van der Waals surface area contributed by atoms with Crippen molar-refractivity contribution in [1.82, 2.24) is 24.5 Å². The molecular weight excluding hydrogens is 380 g/mol. The van der Waals surface area contributed by atoms with Crippen LogP contribution in [0.5, 0.6) is 0 Å². The Balaban J connectivity index is 1.44. The second-order valence-electron chi connectivity index (χ2n) is 8.49. The first-order chi connectivity index (χ1) is 14.3. The van der Waals surface area contributed by atoms with E-state index in [4.69, 9.17) is 0 Å². The van der Waals surface area contributed by atoms with Gasteiger partial charge >= 0.3 is 0 Å². The van der Waals surface area contributed by atoms with E-state index in [0.29, 0.717) is 31.8 Å². The minimum absolute atomic E-state index is 0.0247. The third-order valence-electron chi connectivity index (χ3n) is 5.92. The maximum Gasteiger partial charge on any atom is 0.224 e. The standard InChI is InChI=1S/C22H34N6O2/c1-6-27-14-20(18(5)25-27)23-21(29)13-19-7-9-26(10-8-19)22(30)12-17(4)28-16(3)11-15(2)24-28/h11,14,17,19H,6-10,12-13H2,1-5H3,(H,23,29). The van der Waals surface area contributed by atoms with E-state index < -0.39 is 0 Å². The number of aromatic nitrogens is 4. The fourth-order valence-electron chi connectivity index (χ4n) is 4.21. The van der Waals surface area contributed by atoms with E-state index >= 15 is 0 Å². The van der Waals surface area contributed by atoms with Crippen molar-refractivity contribution in [3.8, 4) is 0 Å². The molecule has 0 saturated carbocycles. The molecule has 2 aromatic rings. The van der Waals surface area contributed by atoms with E-state index in [2.05, 4.69) is 15.5 Å². The van der Waals surface area contributed by atoms with Crippen LogP contribution in [-0.4, -0.2) is 49.4 Å². The molecule has 1 fully saturated rings. The number of carbonyl (C=O) groups excluding carboxylic acids is 2. The van der Waals surface area contributed by atoms with Crippen LogP contribution in [0.15, 0.2) is 12.3 Å². The van der Waals surface area contributed by atoms with Gasteiger partial charge in [-0.3, -0.25) is 19.0 Å². The minimum Gasteiger partial charge on any atom is -0.343 e. The van der Waals surface area contributed by atoms with E-state index in [1.165, 1.54) is 0 Å². The Bertz CT molecular complexity index is 892. The van der Waals surface area contributed by atoms with Gasteiger partial charge in [0, 0.05) is 44.4 Å². The highest BCUT2D eigenvalue weighted by atomic mass is 16.2. The van der Waals surface area contributed by atoms with Crippen LogP contribution < -0.4 is 5.32 Å². The van der Waals surface area contributed by atoms with Crippen molar-refractivity contribution in [2.45, 2.75) is 72.9 Å². The summed E-state index contributed by atoms with van der Waals surface area (Å²) in [5.74, 6) is 0.501. The van der Waals surface area contributed by atoms with E-state index in [1.54, 1.807) is 0 Å². The van der Waals surface area contributed by atoms with Gasteiger partial charge in [0.05, 0.1) is 23.1 Å². The predicted octanol–water partition coefficient (Wildman–Crippen LogP) is 3.24. The van der Waals surface area contributed by atoms with Gasteiger partial charge in [0.1, 0.15) is 0 Å². The van der Waals surface area contributed by atoms with Crippen molar-refractivity contribution in [1.29, 1.82) is 0 Å². The fraction of sp³-hybridized carbons (Fsp3) is 0.636. The van der Waals surface area contributed by atoms with Crippen molar-refractivity contribution < 1.29 is 9.59 Å². The third-order valence-corrected chi connectivity index (χ3v) is 5.92. The molecule has 8 nitrogen and oxygen atoms in total. The number of rotatable bonds is 7. The second kappa shape index (κ2) is 9.45. The zero-order valence-electron chi connectivity index (χ0n) is 18.8. The number of carbonyl (C=O) groups is 2. The monoisotopic (exact) mass is 414 g/mol. The van der Waals surface area contributed by atoms with E-state index in [0.717, 1.165) is 42.2 Å². The Morgan fingerprint density at radius 1 is 1.20 bits per heavy atom. The highest BCUT2D eigenvalue weighted by molar-refractivity contribution is 5.91. The number of nitrogens with zero attached hydrogens (tertiary/aromatic N) is 5. The first kappa shape index (κ1) is 22.1. The lowest BCUT2D eigenvalue weighted by Gasteiger charge is -2.32. The molecule has 1 saturated heterocycles. The summed E-state index contributed by atoms with van der Waals surface area (Å²) < 4.78 is 3.76. The van der Waals surface area contributed by atoms with Gasteiger partial charge in [0.25, 0.3) is 0 Å². The molecule has 2 amide bonds. The van der Waals surface area contributed by atoms with Gasteiger partial charge in [-0.2, -0.15) is 10.2 Å². The van der Waals surface area contributed by atoms with Gasteiger partial charge in [-0.15, -0.1) is 0 Å². The molecule has 1 atom stereocenters. The number of aryl methyl sites for hydroxylation is 4. The van der Waals surface area contributed by atoms with Crippen LogP contribution in [0.25, 0.3) is 0 Å². The summed E-state index contributed by atoms with van der Waals surface area (Å²) >= 11 is 0. The fourth-order valence-corrected chi connectivity index (χ4v) is 4.21. The normalized spacial score (nSPS) is 16.0. The maximum atomic E-state index is 12.7. The van der Waals surface area contributed by atoms with Crippen LogP contribution in [0.4, 0.5) is 5.69 Å². The minimum atomic E-state index is 0.0247. The summed E-state index contributed by atoms with van der Waals surface area (Å²) in [7, 11) is 0. The molecule has 1 aliphatic heterocycles. The van der Waals surface area contributed by atoms with Crippen molar-refractivity contribution in [2.75, 3.05) is 18.4 Å². The summed E-state index contributed by atoms with van der Waals surface area (Å²) in [4.78, 5) is 27.1. The average molecular weight is 415 g/mol. The molecule has 0 bridgehead atoms. The van der Waals surface area contributed by atoms with Crippen LogP contribution in [0.3, 0.4) is 0 Å². The Labute approximate surface area is 178 Å². The van der Waals surface area contributed by atoms with Gasteiger partial charge in [0.15, 0.2) is 0 Å². The smallest absolute Gasteiger partial charge is 0.224 e. The molecule has 30 heavy (non-hydrogen) atoms. The number of amides is 2. The number of likely N-dealkylation sites (tertiary alicyclic amines) is 1. The number of piperidine rings is 1. The zero-order valence-corrected chi connectivity index (χ0v) is 18.8. The van der Waals surface area contributed by atoms with E-state index in [-0.39, 0.29) is 17.9 Å². The van der Waals surface area contributed by atoms with Crippen LogP contribution >= 0.6 is 0 Å². The predicted molar refractivity (Wildman–Crippen MR) is 116 cm³/mol. The SMILES string of the molecule is CCn1cc(NC(=O)CC2CCN(C(=O)CC(C)n3nc(C)cc3C)CC2)c(C)n1. The topological polar surface area (TPSA) is 85.0 Å². The Hall–Kier alpha value is -2.64. The maximum absolute atomic E-state index is 12.7. The van der Waals surface area contributed by atoms with Crippen molar-refractivity contribution >= 4 is 17.5 Å². The summed E-state index contributed by atoms with van der Waals surface area (Å²) in [6, 6.07) is 2.08. The molecular formula is C22H34N6O2. The molecule has 1 N–H and O–H groups in total. The van der Waals surface area contributed by atoms with Crippen molar-refractivity contribution in [2.24, 2.45) is 5.92 Å². The highest BCUT2D eigenvalue weighted by Gasteiger charge is 2.26. The van der Waals surface area contributed by atoms with Gasteiger partial charge in [-0.25, -0.2) is 0 Å². The second-order valence-corrected chi connectivity index (χ2v) is 8.49. The first-order valence-corrected chi connectivity index (χ1v) is 10.9. The number of nitrogens with one attached hydrogen (secondary N) is 1. The van der Waals surface area contributed by atoms with Gasteiger partial charge in [-0.1, -0.05) is 0 Å². The number of anilines is 1. The van der Waals surface area contributed by atoms with Crippen LogP contribution in [0.2, 0.25) is 0 Å². The summed E-state index contributed by atoms with van der Waals surface area (Å²) in [5.41, 5.74) is 3.68. The lowest BCUT2D eigenvalue weighted by molar-refractivity contribution is -0.133. The van der Waals surface area contributed by atoms with Gasteiger partial charge < -0.3 is 10.2 Å². The molecule has 2 aromatic heterocycles. The molecule has 8 heteroatoms. The number of hydrogen-bond donors (Lipinski definition) is 1. The Morgan fingerprint density at radius 3 is 2.47 bits per heavy atom. The summed E-state index contributed by atoms with van der Waals surface area (Å²) in [5, 5.41) is 11.8. The lowest BCUT2D eigenvalue weighted by atomic mass is 9.93. The van der Waals surface area contributed by atoms with E-state index in [1.807, 2.05) is 61.1 Å². The van der Waals surface area contributed by atoms with Crippen molar-refractivity contribution in [3.63, 3.8) is 0 Å². The molecule has 0 aromatic carbocycles. The third kappa shape index (κ3) is 5.29. The molecule has 0 aliphatic carbocycles. The quantitative estimate of drug-likeness (QED) is 0.754. The summed E-state index contributed by atoms with van der Waals surface area (Å²) in [6.45, 7) is 12.2. The molecule has 1 unspecified atom stereocenters. The Kier molecular flexibility index (Phi) is 6.95. The molecule has 1 aliphatic rings. The van der Waals surface area contributed by atoms with Crippen LogP contribution in [0.1, 0.15) is 62.7 Å². The largest absolute Gasteiger partial charge is 0.343 e. The number of hydrogen-bond acceptors (Lipinski definition) is 4. The van der Waals surface area contributed by atoms with Gasteiger partial charge in [0.2, 0.25) is 11.8 Å². The summed E-state index contributed by atoms with van der Waals surface area (Å²) in [6.07, 6.45) is 4.54.